The lowest BCUT2D eigenvalue weighted by atomic mass is 9.96. The summed E-state index contributed by atoms with van der Waals surface area (Å²) in [6.45, 7) is 14.7. The first-order valence-corrected chi connectivity index (χ1v) is 13.4. The molecule has 0 heterocycles. The van der Waals surface area contributed by atoms with E-state index in [4.69, 9.17) is 13.3 Å². The summed E-state index contributed by atoms with van der Waals surface area (Å²) in [6.07, 6.45) is 11.1. The molecular formula is C22H47NO4Si. The number of rotatable bonds is 18. The number of hydrogen-bond acceptors (Lipinski definition) is 4. The highest BCUT2D eigenvalue weighted by molar-refractivity contribution is 6.60. The van der Waals surface area contributed by atoms with E-state index in [-0.39, 0.29) is 11.3 Å². The molecule has 0 bridgehead atoms. The van der Waals surface area contributed by atoms with Crippen LogP contribution < -0.4 is 5.32 Å². The quantitative estimate of drug-likeness (QED) is 0.229. The lowest BCUT2D eigenvalue weighted by molar-refractivity contribution is -0.128. The molecule has 0 aliphatic carbocycles. The summed E-state index contributed by atoms with van der Waals surface area (Å²) >= 11 is 0. The Morgan fingerprint density at radius 3 is 1.50 bits per heavy atom. The normalized spacial score (nSPS) is 12.4. The van der Waals surface area contributed by atoms with Crippen molar-refractivity contribution in [1.82, 2.24) is 5.32 Å². The van der Waals surface area contributed by atoms with E-state index in [1.54, 1.807) is 0 Å². The van der Waals surface area contributed by atoms with Gasteiger partial charge in [-0.15, -0.1) is 0 Å². The van der Waals surface area contributed by atoms with Crippen molar-refractivity contribution in [2.24, 2.45) is 5.41 Å². The first kappa shape index (κ1) is 27.6. The van der Waals surface area contributed by atoms with Crippen molar-refractivity contribution >= 4 is 14.7 Å². The van der Waals surface area contributed by atoms with Crippen LogP contribution >= 0.6 is 0 Å². The maximum Gasteiger partial charge on any atom is 0.500 e. The molecule has 168 valence electrons. The zero-order valence-corrected chi connectivity index (χ0v) is 20.5. The smallest absolute Gasteiger partial charge is 0.374 e. The van der Waals surface area contributed by atoms with Crippen molar-refractivity contribution < 1.29 is 18.1 Å². The maximum absolute atomic E-state index is 11.8. The Morgan fingerprint density at radius 1 is 0.714 bits per heavy atom. The van der Waals surface area contributed by atoms with E-state index in [1.807, 2.05) is 41.5 Å². The zero-order chi connectivity index (χ0) is 21.3. The summed E-state index contributed by atoms with van der Waals surface area (Å²) in [5.41, 5.74) is -0.282. The molecule has 28 heavy (non-hydrogen) atoms. The minimum atomic E-state index is -2.44. The highest BCUT2D eigenvalue weighted by Crippen LogP contribution is 2.21. The van der Waals surface area contributed by atoms with Gasteiger partial charge in [0.15, 0.2) is 0 Å². The van der Waals surface area contributed by atoms with Crippen molar-refractivity contribution in [1.29, 1.82) is 0 Å². The molecule has 0 fully saturated rings. The van der Waals surface area contributed by atoms with Gasteiger partial charge in [0.25, 0.3) is 0 Å². The number of nitrogens with one attached hydrogen (secondary N) is 1. The van der Waals surface area contributed by atoms with Gasteiger partial charge in [-0.3, -0.25) is 4.79 Å². The number of unbranched alkanes of at least 4 members (excludes halogenated alkanes) is 8. The lowest BCUT2D eigenvalue weighted by Crippen LogP contribution is -2.45. The van der Waals surface area contributed by atoms with Crippen molar-refractivity contribution in [3.05, 3.63) is 0 Å². The molecular weight excluding hydrogens is 370 g/mol. The molecule has 0 aromatic heterocycles. The Bertz CT molecular complexity index is 368. The van der Waals surface area contributed by atoms with Crippen molar-refractivity contribution in [3.63, 3.8) is 0 Å². The van der Waals surface area contributed by atoms with Crippen molar-refractivity contribution in [2.75, 3.05) is 26.4 Å². The molecule has 0 aromatic carbocycles. The van der Waals surface area contributed by atoms with Gasteiger partial charge in [-0.1, -0.05) is 65.7 Å². The van der Waals surface area contributed by atoms with E-state index in [2.05, 4.69) is 5.32 Å². The van der Waals surface area contributed by atoms with Crippen LogP contribution in [0, 0.1) is 5.41 Å². The second-order valence-corrected chi connectivity index (χ2v) is 11.2. The molecule has 0 atom stereocenters. The van der Waals surface area contributed by atoms with Crippen LogP contribution in [0.3, 0.4) is 0 Å². The summed E-state index contributed by atoms with van der Waals surface area (Å²) < 4.78 is 17.7. The molecule has 0 aliphatic rings. The molecule has 0 saturated carbocycles. The second kappa shape index (κ2) is 16.4. The Morgan fingerprint density at radius 2 is 1.11 bits per heavy atom. The average molecular weight is 418 g/mol. The minimum absolute atomic E-state index is 0.151. The zero-order valence-electron chi connectivity index (χ0n) is 19.5. The number of carbonyl (C=O) groups excluding carboxylic acids is 1. The average Bonchev–Trinajstić information content (AvgIpc) is 2.62. The van der Waals surface area contributed by atoms with Gasteiger partial charge in [-0.05, 0) is 33.6 Å². The highest BCUT2D eigenvalue weighted by Gasteiger charge is 2.39. The van der Waals surface area contributed by atoms with Crippen LogP contribution in [-0.2, 0) is 18.1 Å². The van der Waals surface area contributed by atoms with Gasteiger partial charge in [0.1, 0.15) is 0 Å². The van der Waals surface area contributed by atoms with Crippen LogP contribution in [-0.4, -0.2) is 41.1 Å². The Balaban J connectivity index is 3.64. The van der Waals surface area contributed by atoms with Gasteiger partial charge in [0.2, 0.25) is 5.91 Å². The highest BCUT2D eigenvalue weighted by atomic mass is 28.4. The molecule has 0 spiro atoms. The summed E-state index contributed by atoms with van der Waals surface area (Å²) in [5.74, 6) is 0.151. The van der Waals surface area contributed by atoms with Gasteiger partial charge in [0.05, 0.1) is 0 Å². The predicted octanol–water partition coefficient (Wildman–Crippen LogP) is 5.71. The predicted molar refractivity (Wildman–Crippen MR) is 119 cm³/mol. The molecule has 1 N–H and O–H groups in total. The SMILES string of the molecule is CCO[Si](CCCCCCCCCCCNC(=O)C(C)(C)C)(OCC)OCC. The van der Waals surface area contributed by atoms with Crippen LogP contribution in [0.5, 0.6) is 0 Å². The minimum Gasteiger partial charge on any atom is -0.374 e. The molecule has 1 amide bonds. The van der Waals surface area contributed by atoms with Crippen LogP contribution in [0.1, 0.15) is 99.3 Å². The fraction of sp³-hybridized carbons (Fsp3) is 0.955. The Hall–Kier alpha value is -0.433. The molecule has 6 heteroatoms. The first-order chi connectivity index (χ1) is 13.3. The fourth-order valence-corrected chi connectivity index (χ4v) is 5.86. The summed E-state index contributed by atoms with van der Waals surface area (Å²) in [4.78, 5) is 11.8. The van der Waals surface area contributed by atoms with Crippen molar-refractivity contribution in [3.8, 4) is 0 Å². The Labute approximate surface area is 175 Å². The third-order valence-corrected chi connectivity index (χ3v) is 7.87. The summed E-state index contributed by atoms with van der Waals surface area (Å²) in [6, 6.07) is 0.933. The van der Waals surface area contributed by atoms with Crippen LogP contribution in [0.4, 0.5) is 0 Å². The lowest BCUT2D eigenvalue weighted by Gasteiger charge is -2.28. The third kappa shape index (κ3) is 13.7. The van der Waals surface area contributed by atoms with E-state index >= 15 is 0 Å². The van der Waals surface area contributed by atoms with Crippen LogP contribution in [0.25, 0.3) is 0 Å². The van der Waals surface area contributed by atoms with Gasteiger partial charge in [0, 0.05) is 37.8 Å². The standard InChI is InChI=1S/C22H47NO4Si/c1-7-25-28(26-8-2,27-9-3)20-18-16-14-12-10-11-13-15-17-19-23-21(24)22(4,5)6/h7-20H2,1-6H3,(H,23,24). The van der Waals surface area contributed by atoms with Crippen LogP contribution in [0.15, 0.2) is 0 Å². The Kier molecular flexibility index (Phi) is 16.1. The summed E-state index contributed by atoms with van der Waals surface area (Å²) in [5, 5.41) is 3.02. The maximum atomic E-state index is 11.8. The van der Waals surface area contributed by atoms with Gasteiger partial charge < -0.3 is 18.6 Å². The molecule has 5 nitrogen and oxygen atoms in total. The monoisotopic (exact) mass is 417 g/mol. The number of hydrogen-bond donors (Lipinski definition) is 1. The third-order valence-electron chi connectivity index (χ3n) is 4.72. The summed E-state index contributed by atoms with van der Waals surface area (Å²) in [7, 11) is -2.44. The fourth-order valence-electron chi connectivity index (χ4n) is 3.17. The molecule has 0 radical (unpaired) electrons. The van der Waals surface area contributed by atoms with Gasteiger partial charge in [-0.2, -0.15) is 0 Å². The van der Waals surface area contributed by atoms with Crippen LogP contribution in [0.2, 0.25) is 6.04 Å². The van der Waals surface area contributed by atoms with E-state index in [0.29, 0.717) is 19.8 Å². The molecule has 0 saturated heterocycles. The first-order valence-electron chi connectivity index (χ1n) is 11.5. The molecule has 0 aromatic rings. The number of amides is 1. The van der Waals surface area contributed by atoms with E-state index in [0.717, 1.165) is 25.4 Å². The molecule has 0 unspecified atom stereocenters. The van der Waals surface area contributed by atoms with E-state index < -0.39 is 8.80 Å². The van der Waals surface area contributed by atoms with Gasteiger partial charge in [-0.25, -0.2) is 0 Å². The molecule has 0 rings (SSSR count). The second-order valence-electron chi connectivity index (χ2n) is 8.42. The van der Waals surface area contributed by atoms with E-state index in [1.165, 1.54) is 44.9 Å². The van der Waals surface area contributed by atoms with Gasteiger partial charge >= 0.3 is 8.80 Å². The largest absolute Gasteiger partial charge is 0.500 e. The van der Waals surface area contributed by atoms with E-state index in [9.17, 15) is 4.79 Å². The number of carbonyl (C=O) groups is 1. The van der Waals surface area contributed by atoms with Crippen molar-refractivity contribution in [2.45, 2.75) is 105 Å². The molecule has 0 aliphatic heterocycles. The topological polar surface area (TPSA) is 56.8 Å².